The third-order valence-corrected chi connectivity index (χ3v) is 12.5. The molecule has 0 saturated carbocycles. The van der Waals surface area contributed by atoms with E-state index in [0.29, 0.717) is 5.92 Å². The summed E-state index contributed by atoms with van der Waals surface area (Å²) in [6.45, 7) is 29.6. The molecule has 3 heterocycles. The van der Waals surface area contributed by atoms with E-state index >= 15 is 0 Å². The van der Waals surface area contributed by atoms with Gasteiger partial charge in [-0.1, -0.05) is 117 Å². The van der Waals surface area contributed by atoms with Crippen LogP contribution in [0.25, 0.3) is 55.2 Å². The average molecular weight is 947 g/mol. The number of aliphatic hydroxyl groups is 1. The molecule has 0 fully saturated rings. The van der Waals surface area contributed by atoms with Crippen molar-refractivity contribution >= 4 is 38.6 Å². The number of allylic oxidation sites excluding steroid dienone is 2. The zero-order chi connectivity index (χ0) is 41.3. The van der Waals surface area contributed by atoms with Crippen molar-refractivity contribution in [3.63, 3.8) is 0 Å². The van der Waals surface area contributed by atoms with Gasteiger partial charge in [0, 0.05) is 64.8 Å². The van der Waals surface area contributed by atoms with Crippen LogP contribution < -0.4 is 0 Å². The van der Waals surface area contributed by atoms with Crippen molar-refractivity contribution in [3.8, 4) is 22.4 Å². The molecule has 57 heavy (non-hydrogen) atoms. The van der Waals surface area contributed by atoms with Crippen molar-refractivity contribution in [1.29, 1.82) is 0 Å². The van der Waals surface area contributed by atoms with Crippen LogP contribution in [0.15, 0.2) is 75.3 Å². The van der Waals surface area contributed by atoms with Gasteiger partial charge in [-0.2, -0.15) is 0 Å². The number of hydrogen-bond acceptors (Lipinski definition) is 5. The fraction of sp³-hybridized carbons (Fsp3) is 0.451. The second kappa shape index (κ2) is 17.9. The largest absolute Gasteiger partial charge is 0.512 e. The number of fused-ring (bicyclic) bond motifs is 3. The molecular weight excluding hydrogens is 883 g/mol. The molecule has 5 nitrogen and oxygen atoms in total. The number of rotatable bonds is 11. The number of nitrogens with zero attached hydrogens (tertiary/aromatic N) is 1. The maximum atomic E-state index is 12.2. The SMILES string of the molecule is CCC(C)(CC)C(=O)/C=C(\O)C(C)(CC)CC.Cc1oc2ccc(-c3cc(-c4[c-]c5ccccc5c(C(C)(C)C)c4)nc4c(C)c(C)oc34)cc2c1CC(C)C.[Ir]. The Hall–Kier alpha value is -3.99. The molecule has 3 aromatic heterocycles. The zero-order valence-corrected chi connectivity index (χ0v) is 39.2. The molecule has 0 bridgehead atoms. The Labute approximate surface area is 355 Å². The molecule has 1 radical (unpaired) electrons. The summed E-state index contributed by atoms with van der Waals surface area (Å²) in [7, 11) is 0. The Morgan fingerprint density at radius 3 is 2.05 bits per heavy atom. The van der Waals surface area contributed by atoms with E-state index in [-0.39, 0.29) is 47.9 Å². The number of aliphatic hydroxyl groups excluding tert-OH is 1. The van der Waals surface area contributed by atoms with E-state index in [1.807, 2.05) is 48.5 Å². The quantitative estimate of drug-likeness (QED) is 0.0795. The van der Waals surface area contributed by atoms with Gasteiger partial charge in [-0.05, 0) is 81.9 Å². The molecule has 307 valence electrons. The van der Waals surface area contributed by atoms with Gasteiger partial charge in [-0.3, -0.25) is 9.78 Å². The Bertz CT molecular complexity index is 2390. The van der Waals surface area contributed by atoms with Gasteiger partial charge in [0.2, 0.25) is 0 Å². The molecule has 0 unspecified atom stereocenters. The summed E-state index contributed by atoms with van der Waals surface area (Å²) in [6, 6.07) is 23.1. The van der Waals surface area contributed by atoms with Crippen LogP contribution in [-0.4, -0.2) is 15.9 Å². The van der Waals surface area contributed by atoms with Gasteiger partial charge in [0.05, 0.1) is 0 Å². The molecule has 0 spiro atoms. The number of pyridine rings is 1. The van der Waals surface area contributed by atoms with Gasteiger partial charge >= 0.3 is 0 Å². The third-order valence-electron chi connectivity index (χ3n) is 12.5. The van der Waals surface area contributed by atoms with E-state index < -0.39 is 0 Å². The van der Waals surface area contributed by atoms with Crippen LogP contribution >= 0.6 is 0 Å². The Balaban J connectivity index is 0.000000341. The van der Waals surface area contributed by atoms with E-state index in [0.717, 1.165) is 93.6 Å². The summed E-state index contributed by atoms with van der Waals surface area (Å²) in [4.78, 5) is 17.3. The molecule has 3 aromatic carbocycles. The van der Waals surface area contributed by atoms with E-state index in [1.54, 1.807) is 0 Å². The predicted molar refractivity (Wildman–Crippen MR) is 236 cm³/mol. The molecular formula is C51H64IrNO4-. The maximum Gasteiger partial charge on any atom is 0.164 e. The van der Waals surface area contributed by atoms with Gasteiger partial charge in [0.25, 0.3) is 0 Å². The number of ketones is 1. The standard InChI is InChI=1S/C36H36NO2.C15H28O2.Ir/c1-20(2)15-28-23(5)38-33-14-13-25(17-30(28)33)29-19-32(37-34-21(3)22(4)39-35(29)34)26-16-24-11-9-10-12-27(24)31(18-26)36(6,7)8;1-7-14(5,8-2)12(16)11-13(17)15(6,9-3)10-4;/h9-14,17-20H,15H2,1-8H3;11,16H,7-10H2,1-6H3;/q-1;;/b;12-11-;. The predicted octanol–water partition coefficient (Wildman–Crippen LogP) is 14.9. The van der Waals surface area contributed by atoms with Gasteiger partial charge in [-0.25, -0.2) is 0 Å². The fourth-order valence-electron chi connectivity index (χ4n) is 7.41. The Kier molecular flexibility index (Phi) is 14.3. The van der Waals surface area contributed by atoms with E-state index in [2.05, 4.69) is 109 Å². The van der Waals surface area contributed by atoms with Gasteiger partial charge < -0.3 is 13.9 Å². The Morgan fingerprint density at radius 1 is 0.825 bits per heavy atom. The first-order valence-corrected chi connectivity index (χ1v) is 20.6. The van der Waals surface area contributed by atoms with E-state index in [9.17, 15) is 9.90 Å². The van der Waals surface area contributed by atoms with Crippen LogP contribution in [0.4, 0.5) is 0 Å². The van der Waals surface area contributed by atoms with Gasteiger partial charge in [-0.15, -0.1) is 29.1 Å². The molecule has 0 saturated heterocycles. The number of aryl methyl sites for hydroxylation is 3. The minimum Gasteiger partial charge on any atom is -0.512 e. The molecule has 6 aromatic rings. The van der Waals surface area contributed by atoms with Crippen LogP contribution in [0.2, 0.25) is 0 Å². The average Bonchev–Trinajstić information content (AvgIpc) is 3.64. The normalized spacial score (nSPS) is 12.6. The summed E-state index contributed by atoms with van der Waals surface area (Å²) in [5.41, 5.74) is 9.76. The number of carbonyl (C=O) groups excluding carboxylic acids is 1. The van der Waals surface area contributed by atoms with Crippen LogP contribution in [0, 0.1) is 43.6 Å². The summed E-state index contributed by atoms with van der Waals surface area (Å²) in [5.74, 6) is 2.73. The van der Waals surface area contributed by atoms with Crippen molar-refractivity contribution in [3.05, 3.63) is 101 Å². The van der Waals surface area contributed by atoms with Crippen LogP contribution in [0.5, 0.6) is 0 Å². The first-order valence-electron chi connectivity index (χ1n) is 20.6. The van der Waals surface area contributed by atoms with E-state index in [4.69, 9.17) is 13.8 Å². The Morgan fingerprint density at radius 2 is 1.46 bits per heavy atom. The maximum absolute atomic E-state index is 12.2. The van der Waals surface area contributed by atoms with Gasteiger partial charge in [0.15, 0.2) is 11.4 Å². The van der Waals surface area contributed by atoms with Crippen molar-refractivity contribution in [2.45, 2.75) is 134 Å². The van der Waals surface area contributed by atoms with Crippen molar-refractivity contribution in [2.24, 2.45) is 16.7 Å². The molecule has 1 N–H and O–H groups in total. The first kappa shape index (κ1) is 45.7. The summed E-state index contributed by atoms with van der Waals surface area (Å²) >= 11 is 0. The third kappa shape index (κ3) is 9.34. The second-order valence-electron chi connectivity index (χ2n) is 17.8. The molecule has 0 aliphatic heterocycles. The molecule has 0 amide bonds. The number of benzene rings is 3. The molecule has 0 atom stereocenters. The molecule has 0 aliphatic carbocycles. The molecule has 0 aliphatic rings. The van der Waals surface area contributed by atoms with Gasteiger partial charge in [0.1, 0.15) is 28.4 Å². The number of furan rings is 2. The summed E-state index contributed by atoms with van der Waals surface area (Å²) in [5, 5.41) is 13.7. The van der Waals surface area contributed by atoms with Crippen molar-refractivity contribution in [2.75, 3.05) is 0 Å². The monoisotopic (exact) mass is 947 g/mol. The van der Waals surface area contributed by atoms with Crippen LogP contribution in [0.1, 0.15) is 130 Å². The molecule has 6 heteroatoms. The fourth-order valence-corrected chi connectivity index (χ4v) is 7.41. The smallest absolute Gasteiger partial charge is 0.164 e. The minimum atomic E-state index is -0.337. The number of aromatic nitrogens is 1. The number of carbonyl (C=O) groups is 1. The van der Waals surface area contributed by atoms with Crippen LogP contribution in [-0.2, 0) is 36.7 Å². The topological polar surface area (TPSA) is 76.5 Å². The molecule has 6 rings (SSSR count). The van der Waals surface area contributed by atoms with Crippen molar-refractivity contribution < 1.29 is 38.8 Å². The van der Waals surface area contributed by atoms with Crippen molar-refractivity contribution in [1.82, 2.24) is 4.98 Å². The van der Waals surface area contributed by atoms with Crippen LogP contribution in [0.3, 0.4) is 0 Å². The minimum absolute atomic E-state index is 0. The van der Waals surface area contributed by atoms with E-state index in [1.165, 1.54) is 28.0 Å². The summed E-state index contributed by atoms with van der Waals surface area (Å²) in [6.07, 6.45) is 5.74. The second-order valence-corrected chi connectivity index (χ2v) is 17.8. The summed E-state index contributed by atoms with van der Waals surface area (Å²) < 4.78 is 12.5. The first-order chi connectivity index (χ1) is 26.3. The zero-order valence-electron chi connectivity index (χ0n) is 36.8. The number of hydrogen-bond donors (Lipinski definition) is 1.